The van der Waals surface area contributed by atoms with E-state index in [-0.39, 0.29) is 55.2 Å². The van der Waals surface area contributed by atoms with Crippen molar-refractivity contribution in [2.45, 2.75) is 50.1 Å². The predicted molar refractivity (Wildman–Crippen MR) is 128 cm³/mol. The number of nitrogens with zero attached hydrogens (tertiary/aromatic N) is 1. The Morgan fingerprint density at radius 1 is 1.03 bits per heavy atom. The number of benzene rings is 2. The zero-order chi connectivity index (χ0) is 27.3. The minimum atomic E-state index is -1.78. The summed E-state index contributed by atoms with van der Waals surface area (Å²) in [6.07, 6.45) is -7.92. The van der Waals surface area contributed by atoms with Crippen LogP contribution in [0.25, 0.3) is 0 Å². The minimum Gasteiger partial charge on any atom is -0.508 e. The van der Waals surface area contributed by atoms with Gasteiger partial charge in [0.2, 0.25) is 6.29 Å². The molecule has 1 heterocycles. The van der Waals surface area contributed by atoms with Crippen molar-refractivity contribution >= 4 is 5.78 Å². The van der Waals surface area contributed by atoms with Gasteiger partial charge < -0.3 is 50.3 Å². The van der Waals surface area contributed by atoms with Crippen LogP contribution >= 0.6 is 0 Å². The molecule has 0 saturated carbocycles. The number of likely N-dealkylation sites (N-methyl/N-ethyl adjacent to an activating group) is 1. The largest absolute Gasteiger partial charge is 0.508 e. The molecule has 0 amide bonds. The van der Waals surface area contributed by atoms with E-state index >= 15 is 0 Å². The van der Waals surface area contributed by atoms with Gasteiger partial charge in [-0.25, -0.2) is 0 Å². The van der Waals surface area contributed by atoms with E-state index in [1.807, 2.05) is 0 Å². The minimum absolute atomic E-state index is 0.00471. The lowest BCUT2D eigenvalue weighted by Gasteiger charge is -2.39. The molecule has 0 radical (unpaired) electrons. The van der Waals surface area contributed by atoms with Crippen molar-refractivity contribution in [2.75, 3.05) is 26.8 Å². The maximum Gasteiger partial charge on any atom is 0.229 e. The van der Waals surface area contributed by atoms with Crippen molar-refractivity contribution < 1.29 is 55.1 Å². The summed E-state index contributed by atoms with van der Waals surface area (Å²) in [5.74, 6) is -1.85. The molecule has 2 aromatic carbocycles. The van der Waals surface area contributed by atoms with E-state index in [1.54, 1.807) is 24.1 Å². The highest BCUT2D eigenvalue weighted by atomic mass is 16.7. The van der Waals surface area contributed by atoms with Crippen molar-refractivity contribution in [2.24, 2.45) is 0 Å². The number of ether oxygens (including phenoxy) is 2. The number of aliphatic hydroxyl groups is 5. The van der Waals surface area contributed by atoms with Crippen molar-refractivity contribution in [1.82, 2.24) is 4.90 Å². The highest BCUT2D eigenvalue weighted by Gasteiger charge is 2.45. The summed E-state index contributed by atoms with van der Waals surface area (Å²) >= 11 is 0. The number of aryl methyl sites for hydroxylation is 1. The second-order valence-corrected chi connectivity index (χ2v) is 8.96. The Kier molecular flexibility index (Phi) is 9.68. The molecule has 5 atom stereocenters. The molecule has 0 aliphatic carbocycles. The lowest BCUT2D eigenvalue weighted by Crippen LogP contribution is -2.60. The number of ketones is 1. The number of rotatable bonds is 11. The quantitative estimate of drug-likeness (QED) is 0.171. The summed E-state index contributed by atoms with van der Waals surface area (Å²) in [6, 6.07) is 7.29. The molecule has 204 valence electrons. The molecule has 1 aliphatic heterocycles. The van der Waals surface area contributed by atoms with Crippen LogP contribution in [-0.4, -0.2) is 109 Å². The molecule has 1 fully saturated rings. The number of aliphatic hydroxyl groups excluding tert-OH is 5. The summed E-state index contributed by atoms with van der Waals surface area (Å²) in [5.41, 5.74) is 0.440. The average molecular weight is 524 g/mol. The van der Waals surface area contributed by atoms with Gasteiger partial charge in [-0.05, 0) is 31.2 Å². The van der Waals surface area contributed by atoms with Crippen LogP contribution in [0.4, 0.5) is 0 Å². The highest BCUT2D eigenvalue weighted by Crippen LogP contribution is 2.41. The van der Waals surface area contributed by atoms with Crippen molar-refractivity contribution in [3.05, 3.63) is 47.0 Å². The fourth-order valence-corrected chi connectivity index (χ4v) is 4.05. The van der Waals surface area contributed by atoms with E-state index in [4.69, 9.17) is 9.47 Å². The van der Waals surface area contributed by atoms with Gasteiger partial charge in [-0.1, -0.05) is 12.1 Å². The van der Waals surface area contributed by atoms with Gasteiger partial charge in [0.1, 0.15) is 53.0 Å². The summed E-state index contributed by atoms with van der Waals surface area (Å²) in [6.45, 7) is -0.659. The fraction of sp³-hybridized carbons (Fsp3) is 0.480. The molecule has 8 N–H and O–H groups in total. The molecule has 12 nitrogen and oxygen atoms in total. The van der Waals surface area contributed by atoms with Gasteiger partial charge in [0.25, 0.3) is 0 Å². The third-order valence-corrected chi connectivity index (χ3v) is 6.20. The molecular formula is C25H33NO11. The Morgan fingerprint density at radius 2 is 1.70 bits per heavy atom. The van der Waals surface area contributed by atoms with Gasteiger partial charge >= 0.3 is 0 Å². The standard InChI is InChI=1S/C25H33NO11/c1-26(8-9-27)11-15-17(31)10-18(36-25-24(35)23(34)22(33)19(12-28)37-25)20(21(15)32)16(30)7-4-13-2-5-14(29)6-3-13/h2-3,5-6,10,19,22-25,27-29,31-35H,4,7-9,11-12H2,1H3/t19-,22-,23+,24-,25-/m1/s1. The van der Waals surface area contributed by atoms with Gasteiger partial charge in [0.05, 0.1) is 18.8 Å². The maximum absolute atomic E-state index is 13.3. The number of hydrogen-bond donors (Lipinski definition) is 8. The fourth-order valence-electron chi connectivity index (χ4n) is 4.05. The van der Waals surface area contributed by atoms with E-state index in [2.05, 4.69) is 0 Å². The topological polar surface area (TPSA) is 201 Å². The van der Waals surface area contributed by atoms with Crippen LogP contribution in [0.3, 0.4) is 0 Å². The van der Waals surface area contributed by atoms with Crippen molar-refractivity contribution in [3.8, 4) is 23.0 Å². The molecule has 0 aromatic heterocycles. The van der Waals surface area contributed by atoms with Gasteiger partial charge in [-0.15, -0.1) is 0 Å². The molecule has 0 bridgehead atoms. The van der Waals surface area contributed by atoms with E-state index in [9.17, 15) is 45.6 Å². The average Bonchev–Trinajstić information content (AvgIpc) is 2.86. The Bertz CT molecular complexity index is 1060. The maximum atomic E-state index is 13.3. The molecular weight excluding hydrogens is 490 g/mol. The van der Waals surface area contributed by atoms with Gasteiger partial charge in [-0.3, -0.25) is 9.69 Å². The summed E-state index contributed by atoms with van der Waals surface area (Å²) < 4.78 is 11.0. The summed E-state index contributed by atoms with van der Waals surface area (Å²) in [5, 5.41) is 80.2. The van der Waals surface area contributed by atoms with Gasteiger partial charge in [0, 0.05) is 25.6 Å². The van der Waals surface area contributed by atoms with E-state index in [1.165, 1.54) is 12.1 Å². The van der Waals surface area contributed by atoms with E-state index in [0.717, 1.165) is 11.6 Å². The Labute approximate surface area is 213 Å². The van der Waals surface area contributed by atoms with Gasteiger partial charge in [0.15, 0.2) is 5.78 Å². The Balaban J connectivity index is 1.96. The van der Waals surface area contributed by atoms with Crippen LogP contribution in [0.1, 0.15) is 27.9 Å². The monoisotopic (exact) mass is 523 g/mol. The van der Waals surface area contributed by atoms with Crippen LogP contribution < -0.4 is 4.74 Å². The van der Waals surface area contributed by atoms with Crippen LogP contribution in [0.15, 0.2) is 30.3 Å². The second-order valence-electron chi connectivity index (χ2n) is 8.96. The number of carbonyl (C=O) groups excluding carboxylic acids is 1. The lowest BCUT2D eigenvalue weighted by molar-refractivity contribution is -0.277. The van der Waals surface area contributed by atoms with Crippen molar-refractivity contribution in [1.29, 1.82) is 0 Å². The highest BCUT2D eigenvalue weighted by molar-refractivity contribution is 6.02. The van der Waals surface area contributed by atoms with Crippen molar-refractivity contribution in [3.63, 3.8) is 0 Å². The van der Waals surface area contributed by atoms with Gasteiger partial charge in [-0.2, -0.15) is 0 Å². The molecule has 1 aliphatic rings. The summed E-state index contributed by atoms with van der Waals surface area (Å²) in [7, 11) is 1.64. The van der Waals surface area contributed by atoms with Crippen LogP contribution in [0.5, 0.6) is 23.0 Å². The first-order chi connectivity index (χ1) is 17.6. The molecule has 3 rings (SSSR count). The second kappa shape index (κ2) is 12.5. The lowest BCUT2D eigenvalue weighted by atomic mass is 9.97. The molecule has 0 spiro atoms. The SMILES string of the molecule is CN(CCO)Cc1c(O)cc(O[C@@H]2O[C@H](CO)[C@@H](O)[C@H](O)[C@H]2O)c(C(=O)CCc2ccc(O)cc2)c1O. The molecule has 1 saturated heterocycles. The first kappa shape index (κ1) is 28.6. The molecule has 37 heavy (non-hydrogen) atoms. The van der Waals surface area contributed by atoms with Crippen LogP contribution in [0.2, 0.25) is 0 Å². The number of carbonyl (C=O) groups is 1. The first-order valence-electron chi connectivity index (χ1n) is 11.7. The number of hydrogen-bond acceptors (Lipinski definition) is 12. The zero-order valence-corrected chi connectivity index (χ0v) is 20.3. The molecule has 2 aromatic rings. The summed E-state index contributed by atoms with van der Waals surface area (Å²) in [4.78, 5) is 14.9. The zero-order valence-electron chi connectivity index (χ0n) is 20.3. The number of Topliss-reactive ketones (excluding diaryl/α,β-unsaturated/α-hetero) is 1. The predicted octanol–water partition coefficient (Wildman–Crippen LogP) is -0.778. The van der Waals surface area contributed by atoms with Crippen LogP contribution in [-0.2, 0) is 17.7 Å². The Morgan fingerprint density at radius 3 is 2.32 bits per heavy atom. The van der Waals surface area contributed by atoms with E-state index in [0.29, 0.717) is 0 Å². The smallest absolute Gasteiger partial charge is 0.229 e. The third kappa shape index (κ3) is 6.67. The van der Waals surface area contributed by atoms with Crippen LogP contribution in [0, 0.1) is 0 Å². The van der Waals surface area contributed by atoms with E-state index < -0.39 is 54.6 Å². The molecule has 12 heteroatoms. The Hall–Kier alpha value is -2.97. The number of phenolic OH excluding ortho intramolecular Hbond substituents is 3. The normalized spacial score (nSPS) is 23.8. The number of phenols is 3. The molecule has 0 unspecified atom stereocenters. The third-order valence-electron chi connectivity index (χ3n) is 6.20. The number of aromatic hydroxyl groups is 3. The first-order valence-corrected chi connectivity index (χ1v) is 11.7.